The molecule has 1 aliphatic carbocycles. The van der Waals surface area contributed by atoms with E-state index in [0.29, 0.717) is 10.7 Å². The predicted octanol–water partition coefficient (Wildman–Crippen LogP) is 6.78. The monoisotopic (exact) mass is 673 g/mol. The van der Waals surface area contributed by atoms with Gasteiger partial charge in [0, 0.05) is 22.1 Å². The van der Waals surface area contributed by atoms with Gasteiger partial charge >= 0.3 is 0 Å². The molecule has 4 rings (SSSR count). The maximum atomic E-state index is 14.1. The number of sulfonamides is 1. The first kappa shape index (κ1) is 32.0. The molecule has 1 fully saturated rings. The molecule has 7 nitrogen and oxygen atoms in total. The minimum atomic E-state index is -4.16. The summed E-state index contributed by atoms with van der Waals surface area (Å²) in [5.74, 6) is -0.736. The molecular weight excluding hydrogens is 638 g/mol. The average molecular weight is 675 g/mol. The maximum Gasteiger partial charge on any atom is 0.264 e. The van der Waals surface area contributed by atoms with E-state index in [-0.39, 0.29) is 23.4 Å². The van der Waals surface area contributed by atoms with Crippen molar-refractivity contribution in [3.05, 3.63) is 92.9 Å². The molecular formula is C32H37BrClN3O4S. The molecule has 3 aromatic rings. The molecule has 0 unspecified atom stereocenters. The Morgan fingerprint density at radius 1 is 0.976 bits per heavy atom. The first-order valence-corrected chi connectivity index (χ1v) is 16.8. The van der Waals surface area contributed by atoms with Gasteiger partial charge in [-0.15, -0.1) is 0 Å². The van der Waals surface area contributed by atoms with Gasteiger partial charge in [0.25, 0.3) is 10.0 Å². The van der Waals surface area contributed by atoms with Crippen molar-refractivity contribution in [1.29, 1.82) is 0 Å². The molecule has 1 saturated carbocycles. The van der Waals surface area contributed by atoms with Gasteiger partial charge in [0.05, 0.1) is 10.6 Å². The van der Waals surface area contributed by atoms with Crippen LogP contribution in [0.25, 0.3) is 0 Å². The lowest BCUT2D eigenvalue weighted by molar-refractivity contribution is -0.139. The van der Waals surface area contributed by atoms with Crippen molar-refractivity contribution in [3.8, 4) is 0 Å². The van der Waals surface area contributed by atoms with E-state index in [0.717, 1.165) is 57.6 Å². The van der Waals surface area contributed by atoms with Crippen LogP contribution in [0.3, 0.4) is 0 Å². The zero-order valence-corrected chi connectivity index (χ0v) is 27.3. The van der Waals surface area contributed by atoms with Crippen LogP contribution in [0.2, 0.25) is 5.02 Å². The van der Waals surface area contributed by atoms with Crippen molar-refractivity contribution >= 4 is 55.1 Å². The maximum absolute atomic E-state index is 14.1. The van der Waals surface area contributed by atoms with E-state index in [1.807, 2.05) is 44.2 Å². The number of carbonyl (C=O) groups is 2. The van der Waals surface area contributed by atoms with Crippen molar-refractivity contribution in [2.45, 2.75) is 76.4 Å². The summed E-state index contributed by atoms with van der Waals surface area (Å²) in [5.41, 5.74) is 3.07. The lowest BCUT2D eigenvalue weighted by Gasteiger charge is -2.33. The van der Waals surface area contributed by atoms with Gasteiger partial charge in [-0.1, -0.05) is 65.0 Å². The summed E-state index contributed by atoms with van der Waals surface area (Å²) in [7, 11) is -4.16. The third-order valence-corrected chi connectivity index (χ3v) is 10.4. The molecule has 0 bridgehead atoms. The smallest absolute Gasteiger partial charge is 0.264 e. The molecule has 1 aliphatic rings. The van der Waals surface area contributed by atoms with Crippen molar-refractivity contribution in [2.24, 2.45) is 0 Å². The Kier molecular flexibility index (Phi) is 10.7. The Labute approximate surface area is 262 Å². The third-order valence-electron chi connectivity index (χ3n) is 7.82. The number of aryl methyl sites for hydroxylation is 2. The van der Waals surface area contributed by atoms with Crippen molar-refractivity contribution in [3.63, 3.8) is 0 Å². The predicted molar refractivity (Wildman–Crippen MR) is 171 cm³/mol. The highest BCUT2D eigenvalue weighted by Gasteiger charge is 2.33. The van der Waals surface area contributed by atoms with Crippen LogP contribution in [0.15, 0.2) is 76.1 Å². The van der Waals surface area contributed by atoms with Crippen molar-refractivity contribution in [2.75, 3.05) is 10.8 Å². The van der Waals surface area contributed by atoms with Crippen LogP contribution in [-0.2, 0) is 26.2 Å². The van der Waals surface area contributed by atoms with E-state index in [9.17, 15) is 18.0 Å². The van der Waals surface area contributed by atoms with Crippen LogP contribution in [-0.4, -0.2) is 43.8 Å². The summed E-state index contributed by atoms with van der Waals surface area (Å²) < 4.78 is 29.9. The van der Waals surface area contributed by atoms with E-state index in [1.165, 1.54) is 29.2 Å². The highest BCUT2D eigenvalue weighted by atomic mass is 79.9. The molecule has 0 spiro atoms. The van der Waals surface area contributed by atoms with Gasteiger partial charge in [-0.05, 0) is 98.8 Å². The fourth-order valence-corrected chi connectivity index (χ4v) is 7.11. The molecule has 1 N–H and O–H groups in total. The molecule has 0 aromatic heterocycles. The lowest BCUT2D eigenvalue weighted by atomic mass is 9.95. The van der Waals surface area contributed by atoms with Crippen LogP contribution in [0.1, 0.15) is 55.7 Å². The quantitative estimate of drug-likeness (QED) is 0.257. The van der Waals surface area contributed by atoms with Crippen LogP contribution in [0, 0.1) is 13.8 Å². The molecule has 0 heterocycles. The zero-order valence-electron chi connectivity index (χ0n) is 24.1. The number of benzene rings is 3. The summed E-state index contributed by atoms with van der Waals surface area (Å²) in [4.78, 5) is 29.1. The van der Waals surface area contributed by atoms with E-state index in [2.05, 4.69) is 21.2 Å². The molecule has 2 amide bonds. The summed E-state index contributed by atoms with van der Waals surface area (Å²) >= 11 is 9.52. The van der Waals surface area contributed by atoms with E-state index < -0.39 is 28.5 Å². The van der Waals surface area contributed by atoms with Gasteiger partial charge in [0.15, 0.2) is 0 Å². The summed E-state index contributed by atoms with van der Waals surface area (Å²) in [6.45, 7) is 5.18. The number of nitrogens with zero attached hydrogens (tertiary/aromatic N) is 2. The van der Waals surface area contributed by atoms with Crippen LogP contribution < -0.4 is 9.62 Å². The Morgan fingerprint density at radius 2 is 1.67 bits per heavy atom. The van der Waals surface area contributed by atoms with E-state index >= 15 is 0 Å². The Balaban J connectivity index is 1.69. The summed E-state index contributed by atoms with van der Waals surface area (Å²) in [5, 5.41) is 3.53. The first-order chi connectivity index (χ1) is 20.0. The Morgan fingerprint density at radius 3 is 2.31 bits per heavy atom. The van der Waals surface area contributed by atoms with Gasteiger partial charge in [0.2, 0.25) is 11.8 Å². The van der Waals surface area contributed by atoms with E-state index in [4.69, 9.17) is 11.6 Å². The standard InChI is InChI=1S/C32H37BrClN3O4S/c1-22-12-15-29(18-23(22)2)37(42(40,41)30-16-13-27(34)14-17-30)21-31(38)36(20-25-8-7-9-26(33)19-25)24(3)32(39)35-28-10-5-4-6-11-28/h7-9,12-19,24,28H,4-6,10-11,20-21H2,1-3H3,(H,35,39)/t24-/m0/s1. The lowest BCUT2D eigenvalue weighted by Crippen LogP contribution is -2.53. The molecule has 3 aromatic carbocycles. The zero-order chi connectivity index (χ0) is 30.4. The van der Waals surface area contributed by atoms with Gasteiger partial charge in [-0.2, -0.15) is 0 Å². The molecule has 42 heavy (non-hydrogen) atoms. The number of hydrogen-bond donors (Lipinski definition) is 1. The summed E-state index contributed by atoms with van der Waals surface area (Å²) in [6.07, 6.45) is 5.11. The largest absolute Gasteiger partial charge is 0.352 e. The fraction of sp³-hybridized carbons (Fsp3) is 0.375. The number of amides is 2. The minimum absolute atomic E-state index is 0.0135. The first-order valence-electron chi connectivity index (χ1n) is 14.2. The molecule has 1 atom stereocenters. The topological polar surface area (TPSA) is 86.8 Å². The fourth-order valence-electron chi connectivity index (χ4n) is 5.13. The van der Waals surface area contributed by atoms with Gasteiger partial charge in [0.1, 0.15) is 12.6 Å². The van der Waals surface area contributed by atoms with Crippen LogP contribution in [0.4, 0.5) is 5.69 Å². The Hall–Kier alpha value is -2.88. The number of hydrogen-bond acceptors (Lipinski definition) is 4. The number of anilines is 1. The molecule has 10 heteroatoms. The number of nitrogens with one attached hydrogen (secondary N) is 1. The molecule has 0 aliphatic heterocycles. The number of carbonyl (C=O) groups excluding carboxylic acids is 2. The van der Waals surface area contributed by atoms with Gasteiger partial charge < -0.3 is 10.2 Å². The van der Waals surface area contributed by atoms with Crippen molar-refractivity contribution < 1.29 is 18.0 Å². The number of halogens is 2. The minimum Gasteiger partial charge on any atom is -0.352 e. The van der Waals surface area contributed by atoms with Crippen LogP contribution >= 0.6 is 27.5 Å². The highest BCUT2D eigenvalue weighted by Crippen LogP contribution is 2.27. The second-order valence-corrected chi connectivity index (χ2v) is 14.1. The molecule has 224 valence electrons. The second-order valence-electron chi connectivity index (χ2n) is 10.9. The highest BCUT2D eigenvalue weighted by molar-refractivity contribution is 9.10. The van der Waals surface area contributed by atoms with Gasteiger partial charge in [-0.25, -0.2) is 8.42 Å². The second kappa shape index (κ2) is 14.1. The molecule has 0 radical (unpaired) electrons. The number of rotatable bonds is 10. The van der Waals surface area contributed by atoms with E-state index in [1.54, 1.807) is 19.1 Å². The van der Waals surface area contributed by atoms with Gasteiger partial charge in [-0.3, -0.25) is 13.9 Å². The average Bonchev–Trinajstić information content (AvgIpc) is 2.96. The SMILES string of the molecule is Cc1ccc(N(CC(=O)N(Cc2cccc(Br)c2)[C@@H](C)C(=O)NC2CCCCC2)S(=O)(=O)c2ccc(Cl)cc2)cc1C. The molecule has 0 saturated heterocycles. The normalized spacial score (nSPS) is 14.7. The van der Waals surface area contributed by atoms with Crippen molar-refractivity contribution in [1.82, 2.24) is 10.2 Å². The third kappa shape index (κ3) is 7.94. The van der Waals surface area contributed by atoms with Crippen LogP contribution in [0.5, 0.6) is 0 Å². The Bertz CT molecular complexity index is 1520. The summed E-state index contributed by atoms with van der Waals surface area (Å²) in [6, 6.07) is 17.9.